The highest BCUT2D eigenvalue weighted by Gasteiger charge is 2.47. The van der Waals surface area contributed by atoms with Gasteiger partial charge in [-0.3, -0.25) is 4.84 Å². The van der Waals surface area contributed by atoms with Gasteiger partial charge < -0.3 is 4.74 Å². The first-order valence-corrected chi connectivity index (χ1v) is 8.55. The van der Waals surface area contributed by atoms with E-state index < -0.39 is 0 Å². The molecule has 2 rings (SSSR count). The average molecular weight is 295 g/mol. The van der Waals surface area contributed by atoms with Crippen LogP contribution < -0.4 is 0 Å². The highest BCUT2D eigenvalue weighted by atomic mass is 16.7. The maximum absolute atomic E-state index is 6.47. The second-order valence-electron chi connectivity index (χ2n) is 7.94. The largest absolute Gasteiger partial charge is 0.374 e. The molecule has 0 atom stereocenters. The van der Waals surface area contributed by atoms with Crippen LogP contribution in [0.2, 0.25) is 0 Å². The third kappa shape index (κ3) is 4.30. The molecule has 1 aliphatic carbocycles. The Morgan fingerprint density at radius 1 is 1.00 bits per heavy atom. The highest BCUT2D eigenvalue weighted by Crippen LogP contribution is 2.41. The van der Waals surface area contributed by atoms with Crippen molar-refractivity contribution in [3.8, 4) is 0 Å². The topological polar surface area (TPSA) is 21.7 Å². The minimum Gasteiger partial charge on any atom is -0.374 e. The Labute approximate surface area is 130 Å². The molecule has 0 amide bonds. The van der Waals surface area contributed by atoms with Crippen LogP contribution in [-0.2, 0) is 9.57 Å². The third-order valence-electron chi connectivity index (χ3n) is 4.81. The quantitative estimate of drug-likeness (QED) is 0.698. The van der Waals surface area contributed by atoms with Gasteiger partial charge >= 0.3 is 0 Å². The van der Waals surface area contributed by atoms with Crippen molar-refractivity contribution in [2.45, 2.75) is 95.9 Å². The molecule has 0 aromatic carbocycles. The standard InChI is InChI=1S/C18H33NO2/c1-6-12-20-16-13-17(2,3)19(18(4,5)14-16)21-15-10-8-7-9-11-15/h6,15-16H,1,7-14H2,2-5H3. The molecule has 1 saturated heterocycles. The van der Waals surface area contributed by atoms with Gasteiger partial charge in [0.05, 0.1) is 18.8 Å². The van der Waals surface area contributed by atoms with E-state index in [9.17, 15) is 0 Å². The molecule has 21 heavy (non-hydrogen) atoms. The molecule has 1 aliphatic heterocycles. The molecule has 0 N–H and O–H groups in total. The zero-order valence-corrected chi connectivity index (χ0v) is 14.4. The van der Waals surface area contributed by atoms with E-state index in [1.807, 2.05) is 6.08 Å². The maximum Gasteiger partial charge on any atom is 0.0793 e. The lowest BCUT2D eigenvalue weighted by Gasteiger charge is -2.54. The van der Waals surface area contributed by atoms with E-state index in [1.54, 1.807) is 0 Å². The molecule has 0 bridgehead atoms. The Bertz CT molecular complexity index is 327. The predicted molar refractivity (Wildman–Crippen MR) is 87.1 cm³/mol. The normalized spacial score (nSPS) is 27.6. The van der Waals surface area contributed by atoms with Gasteiger partial charge in [-0.25, -0.2) is 0 Å². The summed E-state index contributed by atoms with van der Waals surface area (Å²) in [5.41, 5.74) is 0.00999. The lowest BCUT2D eigenvalue weighted by molar-refractivity contribution is -0.319. The summed E-state index contributed by atoms with van der Waals surface area (Å²) in [6.07, 6.45) is 11.0. The summed E-state index contributed by atoms with van der Waals surface area (Å²) < 4.78 is 5.94. The summed E-state index contributed by atoms with van der Waals surface area (Å²) in [6, 6.07) is 0. The second-order valence-corrected chi connectivity index (χ2v) is 7.94. The molecule has 3 heteroatoms. The molecule has 0 spiro atoms. The van der Waals surface area contributed by atoms with Crippen LogP contribution in [0, 0.1) is 0 Å². The van der Waals surface area contributed by atoms with Crippen LogP contribution in [0.1, 0.15) is 72.6 Å². The fraction of sp³-hybridized carbons (Fsp3) is 0.889. The van der Waals surface area contributed by atoms with Gasteiger partial charge in [0.1, 0.15) is 0 Å². The van der Waals surface area contributed by atoms with Gasteiger partial charge in [-0.15, -0.1) is 6.58 Å². The molecule has 0 aromatic heterocycles. The van der Waals surface area contributed by atoms with Gasteiger partial charge in [-0.2, -0.15) is 5.06 Å². The number of hydroxylamine groups is 2. The van der Waals surface area contributed by atoms with Crippen molar-refractivity contribution < 1.29 is 9.57 Å². The van der Waals surface area contributed by atoms with Gasteiger partial charge in [0, 0.05) is 11.1 Å². The molecule has 0 unspecified atom stereocenters. The molecule has 1 heterocycles. The van der Waals surface area contributed by atoms with Crippen LogP contribution in [0.3, 0.4) is 0 Å². The van der Waals surface area contributed by atoms with Crippen LogP contribution in [0.5, 0.6) is 0 Å². The van der Waals surface area contributed by atoms with Gasteiger partial charge in [0.15, 0.2) is 0 Å². The maximum atomic E-state index is 6.47. The fourth-order valence-electron chi connectivity index (χ4n) is 4.10. The summed E-state index contributed by atoms with van der Waals surface area (Å²) >= 11 is 0. The van der Waals surface area contributed by atoms with Crippen molar-refractivity contribution >= 4 is 0 Å². The van der Waals surface area contributed by atoms with E-state index in [0.717, 1.165) is 12.8 Å². The molecule has 2 aliphatic rings. The van der Waals surface area contributed by atoms with E-state index in [-0.39, 0.29) is 11.1 Å². The van der Waals surface area contributed by atoms with E-state index >= 15 is 0 Å². The fourth-order valence-corrected chi connectivity index (χ4v) is 4.10. The van der Waals surface area contributed by atoms with Crippen molar-refractivity contribution in [3.05, 3.63) is 12.7 Å². The van der Waals surface area contributed by atoms with Crippen LogP contribution in [-0.4, -0.2) is 35.0 Å². The number of nitrogens with zero attached hydrogens (tertiary/aromatic N) is 1. The SMILES string of the molecule is C=CCOC1CC(C)(C)N(OC2CCCCC2)C(C)(C)C1. The monoisotopic (exact) mass is 295 g/mol. The average Bonchev–Trinajstić information content (AvgIpc) is 2.41. The molecule has 0 radical (unpaired) electrons. The lowest BCUT2D eigenvalue weighted by atomic mass is 9.80. The molecule has 2 fully saturated rings. The second kappa shape index (κ2) is 6.80. The first kappa shape index (κ1) is 17.0. The van der Waals surface area contributed by atoms with E-state index in [1.165, 1.54) is 32.1 Å². The first-order chi connectivity index (χ1) is 9.85. The van der Waals surface area contributed by atoms with Crippen molar-refractivity contribution in [2.24, 2.45) is 0 Å². The van der Waals surface area contributed by atoms with E-state index in [4.69, 9.17) is 9.57 Å². The van der Waals surface area contributed by atoms with Gasteiger partial charge in [0.25, 0.3) is 0 Å². The summed E-state index contributed by atoms with van der Waals surface area (Å²) in [5.74, 6) is 0. The number of piperidine rings is 1. The Hall–Kier alpha value is -0.380. The Balaban J connectivity index is 2.03. The number of ether oxygens (including phenoxy) is 1. The summed E-state index contributed by atoms with van der Waals surface area (Å²) in [7, 11) is 0. The number of hydrogen-bond acceptors (Lipinski definition) is 3. The van der Waals surface area contributed by atoms with Crippen LogP contribution in [0.25, 0.3) is 0 Å². The molecular weight excluding hydrogens is 262 g/mol. The minimum absolute atomic E-state index is 0.00499. The van der Waals surface area contributed by atoms with E-state index in [0.29, 0.717) is 18.8 Å². The highest BCUT2D eigenvalue weighted by molar-refractivity contribution is 4.97. The zero-order valence-electron chi connectivity index (χ0n) is 14.4. The lowest BCUT2D eigenvalue weighted by Crippen LogP contribution is -2.62. The third-order valence-corrected chi connectivity index (χ3v) is 4.81. The summed E-state index contributed by atoms with van der Waals surface area (Å²) in [5, 5.41) is 2.28. The van der Waals surface area contributed by atoms with Gasteiger partial charge in [0.2, 0.25) is 0 Å². The summed E-state index contributed by atoms with van der Waals surface area (Å²) in [4.78, 5) is 6.47. The van der Waals surface area contributed by atoms with Crippen LogP contribution in [0.4, 0.5) is 0 Å². The smallest absolute Gasteiger partial charge is 0.0793 e. The molecule has 3 nitrogen and oxygen atoms in total. The molecule has 122 valence electrons. The van der Waals surface area contributed by atoms with Crippen molar-refractivity contribution in [1.29, 1.82) is 0 Å². The van der Waals surface area contributed by atoms with Crippen molar-refractivity contribution in [2.75, 3.05) is 6.61 Å². The molecule has 0 aromatic rings. The van der Waals surface area contributed by atoms with E-state index in [2.05, 4.69) is 39.3 Å². The first-order valence-electron chi connectivity index (χ1n) is 8.55. The van der Waals surface area contributed by atoms with Crippen LogP contribution >= 0.6 is 0 Å². The number of rotatable bonds is 5. The Morgan fingerprint density at radius 3 is 2.10 bits per heavy atom. The number of hydrogen-bond donors (Lipinski definition) is 0. The molecular formula is C18H33NO2. The predicted octanol–water partition coefficient (Wildman–Crippen LogP) is 4.47. The summed E-state index contributed by atoms with van der Waals surface area (Å²) in [6.45, 7) is 13.5. The van der Waals surface area contributed by atoms with Gasteiger partial charge in [-0.05, 0) is 53.4 Å². The Kier molecular flexibility index (Phi) is 5.50. The van der Waals surface area contributed by atoms with Crippen molar-refractivity contribution in [3.63, 3.8) is 0 Å². The minimum atomic E-state index is 0.00499. The van der Waals surface area contributed by atoms with Gasteiger partial charge in [-0.1, -0.05) is 25.3 Å². The Morgan fingerprint density at radius 2 is 1.57 bits per heavy atom. The zero-order chi connectivity index (χ0) is 15.5. The van der Waals surface area contributed by atoms with Crippen molar-refractivity contribution in [1.82, 2.24) is 5.06 Å². The molecule has 1 saturated carbocycles. The van der Waals surface area contributed by atoms with Crippen LogP contribution in [0.15, 0.2) is 12.7 Å².